The van der Waals surface area contributed by atoms with Crippen LogP contribution in [-0.2, 0) is 14.0 Å². The molecule has 1 aliphatic rings. The van der Waals surface area contributed by atoms with Crippen LogP contribution in [0.2, 0.25) is 0 Å². The van der Waals surface area contributed by atoms with Crippen LogP contribution in [0.3, 0.4) is 0 Å². The third-order valence-corrected chi connectivity index (χ3v) is 5.16. The monoisotopic (exact) mass is 390 g/mol. The van der Waals surface area contributed by atoms with Gasteiger partial charge in [-0.2, -0.15) is 0 Å². The first-order valence-corrected chi connectivity index (χ1v) is 9.14. The Morgan fingerprint density at radius 3 is 2.32 bits per heavy atom. The van der Waals surface area contributed by atoms with Gasteiger partial charge in [0.25, 0.3) is 0 Å². The predicted molar refractivity (Wildman–Crippen MR) is 108 cm³/mol. The quantitative estimate of drug-likeness (QED) is 0.381. The lowest BCUT2D eigenvalue weighted by molar-refractivity contribution is 0.00578. The fraction of sp³-hybridized carbons (Fsp3) is 0.524. The molecule has 0 N–H and O–H groups in total. The second kappa shape index (κ2) is 9.00. The summed E-state index contributed by atoms with van der Waals surface area (Å²) in [5.74, 6) is 3.50. The molecule has 1 aromatic carbocycles. The van der Waals surface area contributed by atoms with E-state index in [9.17, 15) is 0 Å². The van der Waals surface area contributed by atoms with Crippen LogP contribution in [0.5, 0.6) is 11.5 Å². The lowest BCUT2D eigenvalue weighted by Crippen LogP contribution is -2.41. The molecule has 0 atom stereocenters. The molecule has 0 unspecified atom stereocenters. The molecule has 0 aromatic heterocycles. The van der Waals surface area contributed by atoms with Crippen LogP contribution in [-0.4, -0.2) is 45.8 Å². The number of terminal acetylenes is 1. The number of rotatable bonds is 8. The van der Waals surface area contributed by atoms with Crippen LogP contribution in [0.4, 0.5) is 4.39 Å². The van der Waals surface area contributed by atoms with Gasteiger partial charge < -0.3 is 23.5 Å². The van der Waals surface area contributed by atoms with E-state index in [2.05, 4.69) is 5.92 Å². The molecule has 0 saturated carbocycles. The summed E-state index contributed by atoms with van der Waals surface area (Å²) in [6.07, 6.45) is 5.49. The molecule has 1 heterocycles. The molecule has 0 aliphatic carbocycles. The lowest BCUT2D eigenvalue weighted by atomic mass is 9.81. The molecule has 0 amide bonds. The minimum Gasteiger partial charge on any atom is -0.497 e. The summed E-state index contributed by atoms with van der Waals surface area (Å²) >= 11 is 0. The van der Waals surface area contributed by atoms with Gasteiger partial charge in [0.2, 0.25) is 0 Å². The average Bonchev–Trinajstić information content (AvgIpc) is 2.88. The van der Waals surface area contributed by atoms with Gasteiger partial charge in [-0.05, 0) is 57.9 Å². The number of hydrogen-bond donors (Lipinski definition) is 0. The van der Waals surface area contributed by atoms with Crippen molar-refractivity contribution in [3.63, 3.8) is 0 Å². The molecule has 28 heavy (non-hydrogen) atoms. The summed E-state index contributed by atoms with van der Waals surface area (Å²) in [5, 5.41) is 0. The SMILES string of the molecule is C#CCOCCC(=C(F)B1OC(C)(C)C(C)(C)O1)c1cc(OC)ccc1OC. The molecule has 0 bridgehead atoms. The van der Waals surface area contributed by atoms with Crippen molar-refractivity contribution in [2.45, 2.75) is 45.3 Å². The first-order valence-electron chi connectivity index (χ1n) is 9.14. The van der Waals surface area contributed by atoms with E-state index in [1.165, 1.54) is 7.11 Å². The van der Waals surface area contributed by atoms with Gasteiger partial charge in [0.15, 0.2) is 0 Å². The molecule has 5 nitrogen and oxygen atoms in total. The van der Waals surface area contributed by atoms with Gasteiger partial charge in [0.05, 0.1) is 32.0 Å². The highest BCUT2D eigenvalue weighted by Crippen LogP contribution is 2.42. The Balaban J connectivity index is 2.48. The molecule has 2 rings (SSSR count). The van der Waals surface area contributed by atoms with Gasteiger partial charge in [-0.15, -0.1) is 6.42 Å². The maximum Gasteiger partial charge on any atom is 0.525 e. The Bertz CT molecular complexity index is 751. The summed E-state index contributed by atoms with van der Waals surface area (Å²) in [6.45, 7) is 7.90. The lowest BCUT2D eigenvalue weighted by Gasteiger charge is -2.32. The average molecular weight is 390 g/mol. The smallest absolute Gasteiger partial charge is 0.497 e. The van der Waals surface area contributed by atoms with Crippen LogP contribution in [0, 0.1) is 12.3 Å². The maximum absolute atomic E-state index is 15.6. The molecule has 7 heteroatoms. The molecule has 0 spiro atoms. The second-order valence-corrected chi connectivity index (χ2v) is 7.49. The van der Waals surface area contributed by atoms with E-state index in [1.54, 1.807) is 25.3 Å². The van der Waals surface area contributed by atoms with Crippen molar-refractivity contribution in [1.29, 1.82) is 0 Å². The van der Waals surface area contributed by atoms with Gasteiger partial charge in [0, 0.05) is 5.56 Å². The zero-order valence-electron chi connectivity index (χ0n) is 17.4. The van der Waals surface area contributed by atoms with Gasteiger partial charge in [-0.3, -0.25) is 0 Å². The van der Waals surface area contributed by atoms with Crippen molar-refractivity contribution in [2.24, 2.45) is 0 Å². The molecule has 152 valence electrons. The Morgan fingerprint density at radius 1 is 1.14 bits per heavy atom. The topological polar surface area (TPSA) is 46.2 Å². The summed E-state index contributed by atoms with van der Waals surface area (Å²) in [4.78, 5) is 0. The molecule has 1 saturated heterocycles. The van der Waals surface area contributed by atoms with Crippen LogP contribution in [0.25, 0.3) is 5.57 Å². The van der Waals surface area contributed by atoms with Crippen molar-refractivity contribution in [1.82, 2.24) is 0 Å². The van der Waals surface area contributed by atoms with Gasteiger partial charge in [-0.25, -0.2) is 4.39 Å². The summed E-state index contributed by atoms with van der Waals surface area (Å²) in [7, 11) is 1.96. The standard InChI is InChI=1S/C21H28BFO5/c1-8-12-26-13-11-16(17-14-15(24-6)9-10-18(17)25-7)19(23)22-27-20(2,3)21(4,5)28-22/h1,9-10,14H,11-13H2,2-7H3. The Morgan fingerprint density at radius 2 is 1.79 bits per heavy atom. The highest BCUT2D eigenvalue weighted by atomic mass is 19.1. The molecule has 0 radical (unpaired) electrons. The minimum atomic E-state index is -1.12. The minimum absolute atomic E-state index is 0.153. The Labute approximate surface area is 167 Å². The first-order chi connectivity index (χ1) is 13.2. The van der Waals surface area contributed by atoms with E-state index in [0.717, 1.165) is 0 Å². The predicted octanol–water partition coefficient (Wildman–Crippen LogP) is 4.06. The molecular weight excluding hydrogens is 362 g/mol. The zero-order chi connectivity index (χ0) is 20.9. The van der Waals surface area contributed by atoms with E-state index in [4.69, 9.17) is 29.9 Å². The fourth-order valence-electron chi connectivity index (χ4n) is 2.83. The Hall–Kier alpha value is -2.01. The second-order valence-electron chi connectivity index (χ2n) is 7.49. The van der Waals surface area contributed by atoms with Crippen LogP contribution in [0.1, 0.15) is 39.7 Å². The first kappa shape index (κ1) is 22.3. The van der Waals surface area contributed by atoms with Gasteiger partial charge in [-0.1, -0.05) is 5.92 Å². The number of benzene rings is 1. The van der Waals surface area contributed by atoms with E-state index >= 15 is 4.39 Å². The molecular formula is C21H28BFO5. The van der Waals surface area contributed by atoms with E-state index in [-0.39, 0.29) is 19.6 Å². The Kier molecular flexibility index (Phi) is 7.16. The third kappa shape index (κ3) is 4.69. The van der Waals surface area contributed by atoms with Crippen molar-refractivity contribution in [2.75, 3.05) is 27.4 Å². The van der Waals surface area contributed by atoms with Crippen molar-refractivity contribution < 1.29 is 27.9 Å². The summed E-state index contributed by atoms with van der Waals surface area (Å²) < 4.78 is 43.5. The van der Waals surface area contributed by atoms with E-state index < -0.39 is 24.0 Å². The van der Waals surface area contributed by atoms with Crippen molar-refractivity contribution >= 4 is 12.7 Å². The number of hydrogen-bond acceptors (Lipinski definition) is 5. The number of ether oxygens (including phenoxy) is 3. The zero-order valence-corrected chi connectivity index (χ0v) is 17.4. The van der Waals surface area contributed by atoms with Crippen LogP contribution < -0.4 is 9.47 Å². The van der Waals surface area contributed by atoms with Crippen LogP contribution in [0.15, 0.2) is 23.9 Å². The normalized spacial score (nSPS) is 18.4. The largest absolute Gasteiger partial charge is 0.525 e. The van der Waals surface area contributed by atoms with E-state index in [0.29, 0.717) is 22.6 Å². The van der Waals surface area contributed by atoms with E-state index in [1.807, 2.05) is 27.7 Å². The fourth-order valence-corrected chi connectivity index (χ4v) is 2.83. The number of halogens is 1. The summed E-state index contributed by atoms with van der Waals surface area (Å²) in [6, 6.07) is 5.20. The van der Waals surface area contributed by atoms with Gasteiger partial charge in [0.1, 0.15) is 23.8 Å². The van der Waals surface area contributed by atoms with Crippen molar-refractivity contribution in [3.05, 3.63) is 29.5 Å². The highest BCUT2D eigenvalue weighted by Gasteiger charge is 2.53. The molecule has 1 aromatic rings. The molecule has 1 fully saturated rings. The highest BCUT2D eigenvalue weighted by molar-refractivity contribution is 6.55. The molecule has 1 aliphatic heterocycles. The summed E-state index contributed by atoms with van der Waals surface area (Å²) in [5.41, 5.74) is -0.906. The van der Waals surface area contributed by atoms with Gasteiger partial charge >= 0.3 is 7.12 Å². The van der Waals surface area contributed by atoms with Crippen molar-refractivity contribution in [3.8, 4) is 23.8 Å². The van der Waals surface area contributed by atoms with Crippen LogP contribution >= 0.6 is 0 Å². The third-order valence-electron chi connectivity index (χ3n) is 5.16. The maximum atomic E-state index is 15.6. The number of methoxy groups -OCH3 is 2.